The third-order valence-corrected chi connectivity index (χ3v) is 6.19. The Balaban J connectivity index is 2.34. The molecule has 1 unspecified atom stereocenters. The van der Waals surface area contributed by atoms with Gasteiger partial charge in [0.05, 0.1) is 19.4 Å². The van der Waals surface area contributed by atoms with Crippen LogP contribution < -0.4 is 14.7 Å². The lowest BCUT2D eigenvalue weighted by atomic mass is 10.2. The van der Waals surface area contributed by atoms with Crippen LogP contribution in [0.25, 0.3) is 0 Å². The Morgan fingerprint density at radius 3 is 2.14 bits per heavy atom. The van der Waals surface area contributed by atoms with Crippen LogP contribution in [-0.4, -0.2) is 20.4 Å². The minimum absolute atomic E-state index is 0.447. The fourth-order valence-electron chi connectivity index (χ4n) is 2.03. The molecule has 3 nitrogen and oxygen atoms in total. The van der Waals surface area contributed by atoms with Gasteiger partial charge in [-0.3, -0.25) is 4.57 Å². The van der Waals surface area contributed by atoms with Crippen molar-refractivity contribution in [3.63, 3.8) is 0 Å². The largest absolute Gasteiger partial charge is 0.436 e. The summed E-state index contributed by atoms with van der Waals surface area (Å²) in [7, 11) is 1.01. The molecule has 112 valence electrons. The summed E-state index contributed by atoms with van der Waals surface area (Å²) in [4.78, 5) is 1.09. The number of quaternary nitrogens is 1. The van der Waals surface area contributed by atoms with E-state index in [0.717, 1.165) is 20.2 Å². The zero-order chi connectivity index (χ0) is 15.5. The van der Waals surface area contributed by atoms with Crippen LogP contribution in [0.1, 0.15) is 5.56 Å². The van der Waals surface area contributed by atoms with E-state index < -0.39 is 7.37 Å². The Hall–Kier alpha value is -1.09. The van der Waals surface area contributed by atoms with Gasteiger partial charge >= 0.3 is 7.37 Å². The van der Waals surface area contributed by atoms with Gasteiger partial charge in [0.15, 0.2) is 6.29 Å². The second-order valence-electron chi connectivity index (χ2n) is 5.42. The third kappa shape index (κ3) is 4.44. The molecule has 0 amide bonds. The van der Waals surface area contributed by atoms with Crippen molar-refractivity contribution in [1.29, 1.82) is 0 Å². The zero-order valence-corrected chi connectivity index (χ0v) is 14.9. The quantitative estimate of drug-likeness (QED) is 0.822. The fraction of sp³-hybridized carbons (Fsp3) is 0.250. The maximum Gasteiger partial charge on any atom is 0.329 e. The molecule has 0 aromatic heterocycles. The summed E-state index contributed by atoms with van der Waals surface area (Å²) in [6, 6.07) is 15.2. The van der Waals surface area contributed by atoms with Gasteiger partial charge in [-0.05, 0) is 43.3 Å². The first-order valence-corrected chi connectivity index (χ1v) is 9.40. The number of benzene rings is 2. The maximum absolute atomic E-state index is 13.3. The van der Waals surface area contributed by atoms with E-state index in [0.29, 0.717) is 12.0 Å². The Morgan fingerprint density at radius 1 is 1.05 bits per heavy atom. The number of rotatable bonds is 5. The normalized spacial score (nSPS) is 14.0. The van der Waals surface area contributed by atoms with Crippen LogP contribution >= 0.6 is 23.3 Å². The summed E-state index contributed by atoms with van der Waals surface area (Å²) in [5, 5.41) is 0.743. The van der Waals surface area contributed by atoms with E-state index >= 15 is 0 Å². The van der Waals surface area contributed by atoms with Crippen molar-refractivity contribution in [2.45, 2.75) is 6.92 Å². The summed E-state index contributed by atoms with van der Waals surface area (Å²) < 4.78 is 20.2. The number of nitrogens with one attached hydrogen (secondary N) is 1. The van der Waals surface area contributed by atoms with Gasteiger partial charge in [0.1, 0.15) is 5.75 Å². The predicted octanol–water partition coefficient (Wildman–Crippen LogP) is 2.84. The van der Waals surface area contributed by atoms with Gasteiger partial charge in [-0.2, -0.15) is 0 Å². The molecule has 0 aliphatic rings. The van der Waals surface area contributed by atoms with Gasteiger partial charge in [0, 0.05) is 4.47 Å². The SMILES string of the molecule is Cc1ccc(OP(=O)(C[NH+](C)C)c2ccc(Br)cc2)cc1. The van der Waals surface area contributed by atoms with Crippen LogP contribution in [0.4, 0.5) is 0 Å². The average molecular weight is 369 g/mol. The molecule has 2 rings (SSSR count). The number of hydrogen-bond acceptors (Lipinski definition) is 2. The van der Waals surface area contributed by atoms with Gasteiger partial charge < -0.3 is 9.42 Å². The van der Waals surface area contributed by atoms with Crippen molar-refractivity contribution < 1.29 is 14.0 Å². The summed E-state index contributed by atoms with van der Waals surface area (Å²) in [6.07, 6.45) is 0.447. The van der Waals surface area contributed by atoms with Crippen molar-refractivity contribution in [2.75, 3.05) is 20.4 Å². The molecule has 0 saturated heterocycles. The van der Waals surface area contributed by atoms with Crippen molar-refractivity contribution in [3.8, 4) is 5.75 Å². The molecule has 0 fully saturated rings. The van der Waals surface area contributed by atoms with Crippen molar-refractivity contribution in [3.05, 3.63) is 58.6 Å². The van der Waals surface area contributed by atoms with E-state index in [1.165, 1.54) is 0 Å². The molecule has 1 atom stereocenters. The topological polar surface area (TPSA) is 30.7 Å². The monoisotopic (exact) mass is 368 g/mol. The lowest BCUT2D eigenvalue weighted by Gasteiger charge is -2.21. The summed E-state index contributed by atoms with van der Waals surface area (Å²) in [5.74, 6) is 0.646. The highest BCUT2D eigenvalue weighted by atomic mass is 79.9. The molecule has 1 N–H and O–H groups in total. The van der Waals surface area contributed by atoms with Crippen LogP contribution in [0.15, 0.2) is 53.0 Å². The predicted molar refractivity (Wildman–Crippen MR) is 90.9 cm³/mol. The first-order chi connectivity index (χ1) is 9.89. The Kier molecular flexibility index (Phi) is 5.26. The molecule has 0 spiro atoms. The molecule has 0 radical (unpaired) electrons. The highest BCUT2D eigenvalue weighted by Crippen LogP contribution is 2.44. The first-order valence-electron chi connectivity index (χ1n) is 6.79. The molecule has 5 heteroatoms. The van der Waals surface area contributed by atoms with Crippen LogP contribution in [0.3, 0.4) is 0 Å². The highest BCUT2D eigenvalue weighted by Gasteiger charge is 2.31. The van der Waals surface area contributed by atoms with Crippen molar-refractivity contribution >= 4 is 28.6 Å². The van der Waals surface area contributed by atoms with E-state index in [2.05, 4.69) is 15.9 Å². The van der Waals surface area contributed by atoms with Crippen molar-refractivity contribution in [2.24, 2.45) is 0 Å². The van der Waals surface area contributed by atoms with Gasteiger partial charge in [0.25, 0.3) is 0 Å². The Bertz CT molecular complexity index is 638. The number of aryl methyl sites for hydroxylation is 1. The van der Waals surface area contributed by atoms with E-state index in [1.807, 2.05) is 69.6 Å². The standard InChI is InChI=1S/C16H19BrNO2P/c1-13-4-8-15(9-5-13)20-21(19,12-18(2)3)16-10-6-14(17)7-11-16/h4-11H,12H2,1-3H3/p+1. The minimum Gasteiger partial charge on any atom is -0.436 e. The summed E-state index contributed by atoms with van der Waals surface area (Å²) in [6.45, 7) is 2.02. The maximum atomic E-state index is 13.3. The summed E-state index contributed by atoms with van der Waals surface area (Å²) in [5.41, 5.74) is 1.15. The van der Waals surface area contributed by atoms with Gasteiger partial charge in [-0.1, -0.05) is 33.6 Å². The molecule has 21 heavy (non-hydrogen) atoms. The molecular weight excluding hydrogens is 349 g/mol. The number of halogens is 1. The van der Waals surface area contributed by atoms with Gasteiger partial charge in [0.2, 0.25) is 0 Å². The van der Waals surface area contributed by atoms with E-state index in [1.54, 1.807) is 0 Å². The van der Waals surface area contributed by atoms with Crippen molar-refractivity contribution in [1.82, 2.24) is 0 Å². The molecule has 0 aliphatic heterocycles. The average Bonchev–Trinajstić information content (AvgIpc) is 2.41. The zero-order valence-electron chi connectivity index (χ0n) is 12.5. The smallest absolute Gasteiger partial charge is 0.329 e. The second kappa shape index (κ2) is 6.78. The van der Waals surface area contributed by atoms with Gasteiger partial charge in [-0.15, -0.1) is 0 Å². The molecule has 0 saturated carbocycles. The van der Waals surface area contributed by atoms with Crippen LogP contribution in [-0.2, 0) is 4.57 Å². The van der Waals surface area contributed by atoms with Crippen LogP contribution in [0.2, 0.25) is 0 Å². The van der Waals surface area contributed by atoms with Crippen LogP contribution in [0, 0.1) is 6.92 Å². The second-order valence-corrected chi connectivity index (χ2v) is 8.70. The molecule has 0 heterocycles. The molecule has 0 aliphatic carbocycles. The molecule has 2 aromatic carbocycles. The lowest BCUT2D eigenvalue weighted by molar-refractivity contribution is -0.845. The minimum atomic E-state index is -2.94. The molecule has 2 aromatic rings. The Morgan fingerprint density at radius 2 is 1.62 bits per heavy atom. The molecule has 0 bridgehead atoms. The van der Waals surface area contributed by atoms with Gasteiger partial charge in [-0.25, -0.2) is 0 Å². The fourth-order valence-corrected chi connectivity index (χ4v) is 4.55. The highest BCUT2D eigenvalue weighted by molar-refractivity contribution is 9.10. The van der Waals surface area contributed by atoms with E-state index in [9.17, 15) is 4.57 Å². The first kappa shape index (κ1) is 16.3. The third-order valence-electron chi connectivity index (χ3n) is 3.02. The van der Waals surface area contributed by atoms with Crippen LogP contribution in [0.5, 0.6) is 5.75 Å². The molecular formula is C16H20BrNO2P+. The Labute approximate surface area is 134 Å². The lowest BCUT2D eigenvalue weighted by Crippen LogP contribution is -3.05. The van der Waals surface area contributed by atoms with E-state index in [-0.39, 0.29) is 0 Å². The summed E-state index contributed by atoms with van der Waals surface area (Å²) >= 11 is 3.40. The number of hydrogen-bond donors (Lipinski definition) is 1. The van der Waals surface area contributed by atoms with E-state index in [4.69, 9.17) is 4.52 Å².